The average molecular weight is 608 g/mol. The third-order valence-corrected chi connectivity index (χ3v) is 12.5. The van der Waals surface area contributed by atoms with E-state index in [1.807, 2.05) is 36.4 Å². The Morgan fingerprint density at radius 3 is 1.65 bits per heavy atom. The van der Waals surface area contributed by atoms with Gasteiger partial charge < -0.3 is 0 Å². The molecule has 9 rings (SSSR count). The molecule has 0 saturated carbocycles. The smallest absolute Gasteiger partial charge is 0.235 e. The van der Waals surface area contributed by atoms with E-state index in [1.165, 1.54) is 21.5 Å². The summed E-state index contributed by atoms with van der Waals surface area (Å²) in [6, 6.07) is 48.5. The van der Waals surface area contributed by atoms with Crippen molar-refractivity contribution >= 4 is 40.4 Å². The van der Waals surface area contributed by atoms with Crippen LogP contribution < -0.4 is 10.5 Å². The molecule has 4 heterocycles. The molecule has 0 amide bonds. The lowest BCUT2D eigenvalue weighted by molar-refractivity contribution is 0.995. The van der Waals surface area contributed by atoms with Gasteiger partial charge in [-0.25, -0.2) is 19.9 Å². The Morgan fingerprint density at radius 2 is 1.04 bits per heavy atom. The van der Waals surface area contributed by atoms with E-state index in [-0.39, 0.29) is 0 Å². The van der Waals surface area contributed by atoms with Crippen molar-refractivity contribution in [2.24, 2.45) is 0 Å². The molecule has 0 unspecified atom stereocenters. The molecule has 5 nitrogen and oxygen atoms in total. The van der Waals surface area contributed by atoms with Crippen molar-refractivity contribution in [3.05, 3.63) is 140 Å². The van der Waals surface area contributed by atoms with E-state index >= 15 is 0 Å². The van der Waals surface area contributed by atoms with Gasteiger partial charge in [-0.3, -0.25) is 4.57 Å². The summed E-state index contributed by atoms with van der Waals surface area (Å²) in [4.78, 5) is 21.4. The highest BCUT2D eigenvalue weighted by molar-refractivity contribution is 7.03. The van der Waals surface area contributed by atoms with Crippen molar-refractivity contribution < 1.29 is 0 Å². The largest absolute Gasteiger partial charge is 0.278 e. The predicted octanol–water partition coefficient (Wildman–Crippen LogP) is 8.17. The summed E-state index contributed by atoms with van der Waals surface area (Å²) in [5.74, 6) is 1.25. The fraction of sp³-hybridized carbons (Fsp3) is 0.0500. The summed E-state index contributed by atoms with van der Waals surface area (Å²) >= 11 is 0. The number of nitrogens with zero attached hydrogens (tertiary/aromatic N) is 5. The lowest BCUT2D eigenvalue weighted by atomic mass is 10.0. The Hall–Kier alpha value is -5.72. The van der Waals surface area contributed by atoms with Crippen molar-refractivity contribution in [2.75, 3.05) is 0 Å². The van der Waals surface area contributed by atoms with Crippen LogP contribution in [0.4, 0.5) is 0 Å². The van der Waals surface area contributed by atoms with Crippen LogP contribution in [-0.2, 0) is 0 Å². The number of hydrogen-bond donors (Lipinski definition) is 0. The second-order valence-electron chi connectivity index (χ2n) is 12.3. The van der Waals surface area contributed by atoms with E-state index in [0.29, 0.717) is 11.8 Å². The topological polar surface area (TPSA) is 56.5 Å². The molecule has 6 heteroatoms. The Kier molecular flexibility index (Phi) is 5.89. The first kappa shape index (κ1) is 26.7. The van der Waals surface area contributed by atoms with Crippen LogP contribution in [0.1, 0.15) is 0 Å². The molecular weight excluding hydrogens is 579 g/mol. The van der Waals surface area contributed by atoms with Crippen LogP contribution in [0.15, 0.2) is 140 Å². The van der Waals surface area contributed by atoms with E-state index in [0.717, 1.165) is 50.1 Å². The molecule has 1 aliphatic heterocycles. The van der Waals surface area contributed by atoms with Crippen LogP contribution >= 0.6 is 0 Å². The van der Waals surface area contributed by atoms with Gasteiger partial charge in [-0.1, -0.05) is 134 Å². The van der Waals surface area contributed by atoms with Crippen LogP contribution in [0.2, 0.25) is 13.1 Å². The monoisotopic (exact) mass is 607 g/mol. The Morgan fingerprint density at radius 1 is 0.522 bits per heavy atom. The molecule has 0 bridgehead atoms. The van der Waals surface area contributed by atoms with Crippen molar-refractivity contribution in [3.63, 3.8) is 0 Å². The van der Waals surface area contributed by atoms with Crippen molar-refractivity contribution in [3.8, 4) is 51.1 Å². The molecule has 0 saturated heterocycles. The highest BCUT2D eigenvalue weighted by Crippen LogP contribution is 2.37. The zero-order chi connectivity index (χ0) is 30.8. The normalized spacial score (nSPS) is 13.2. The number of aromatic nitrogens is 5. The van der Waals surface area contributed by atoms with Gasteiger partial charge in [-0.05, 0) is 28.9 Å². The molecule has 1 aliphatic rings. The van der Waals surface area contributed by atoms with E-state index in [2.05, 4.69) is 121 Å². The van der Waals surface area contributed by atoms with Gasteiger partial charge in [0.05, 0.1) is 22.4 Å². The fourth-order valence-electron chi connectivity index (χ4n) is 7.00. The number of rotatable bonds is 4. The van der Waals surface area contributed by atoms with Crippen LogP contribution in [0, 0.1) is 0 Å². The molecule has 0 atom stereocenters. The molecule has 0 N–H and O–H groups in total. The highest BCUT2D eigenvalue weighted by Gasteiger charge is 2.42. The summed E-state index contributed by atoms with van der Waals surface area (Å²) in [7, 11) is -2.20. The second kappa shape index (κ2) is 10.2. The first-order chi connectivity index (χ1) is 22.6. The second-order valence-corrected chi connectivity index (χ2v) is 16.6. The lowest BCUT2D eigenvalue weighted by Crippen LogP contribution is -2.51. The first-order valence-electron chi connectivity index (χ1n) is 15.6. The predicted molar refractivity (Wildman–Crippen MR) is 190 cm³/mol. The van der Waals surface area contributed by atoms with E-state index < -0.39 is 8.07 Å². The quantitative estimate of drug-likeness (QED) is 0.189. The zero-order valence-corrected chi connectivity index (χ0v) is 26.5. The van der Waals surface area contributed by atoms with Gasteiger partial charge >= 0.3 is 0 Å². The van der Waals surface area contributed by atoms with Crippen molar-refractivity contribution in [1.82, 2.24) is 24.5 Å². The molecule has 0 radical (unpaired) electrons. The molecule has 0 spiro atoms. The number of para-hydroxylation sites is 2. The van der Waals surface area contributed by atoms with Gasteiger partial charge in [0.15, 0.2) is 5.82 Å². The Labute approximate surface area is 267 Å². The molecule has 46 heavy (non-hydrogen) atoms. The van der Waals surface area contributed by atoms with Gasteiger partial charge in [-0.15, -0.1) is 0 Å². The fourth-order valence-corrected chi connectivity index (χ4v) is 9.90. The maximum absolute atomic E-state index is 5.47. The minimum Gasteiger partial charge on any atom is -0.278 e. The van der Waals surface area contributed by atoms with Gasteiger partial charge in [-0.2, -0.15) is 0 Å². The summed E-state index contributed by atoms with van der Waals surface area (Å²) in [5, 5.41) is 4.84. The minimum atomic E-state index is -2.20. The van der Waals surface area contributed by atoms with E-state index in [1.54, 1.807) is 0 Å². The standard InChI is InChI=1S/C40H29N5Si/c1-46(2)35-24-14-11-21-30(35)36-37(38-41-31(26-15-5-3-6-16-26)25-32(42-38)27-17-7-4-8-18-27)43-40(44-39(36)46)45-33-22-12-9-19-28(33)29-20-10-13-23-34(29)45/h3-25H,1-2H3. The summed E-state index contributed by atoms with van der Waals surface area (Å²) in [6.45, 7) is 4.78. The molecule has 8 aromatic rings. The van der Waals surface area contributed by atoms with E-state index in [9.17, 15) is 0 Å². The molecular formula is C40H29N5Si. The maximum atomic E-state index is 5.47. The van der Waals surface area contributed by atoms with Crippen LogP contribution in [0.5, 0.6) is 0 Å². The van der Waals surface area contributed by atoms with Gasteiger partial charge in [0.2, 0.25) is 5.95 Å². The van der Waals surface area contributed by atoms with Gasteiger partial charge in [0, 0.05) is 32.8 Å². The van der Waals surface area contributed by atoms with Crippen molar-refractivity contribution in [1.29, 1.82) is 0 Å². The molecule has 3 aromatic heterocycles. The molecule has 0 aliphatic carbocycles. The SMILES string of the molecule is C[Si]1(C)c2ccccc2-c2c(-c3nc(-c4ccccc4)cc(-c4ccccc4)n3)nc(-n3c4ccccc4c4ccccc43)nc21. The molecule has 5 aromatic carbocycles. The third-order valence-electron chi connectivity index (χ3n) is 9.22. The summed E-state index contributed by atoms with van der Waals surface area (Å²) < 4.78 is 2.21. The first-order valence-corrected chi connectivity index (χ1v) is 18.6. The minimum absolute atomic E-state index is 0.599. The Bertz CT molecular complexity index is 2340. The number of fused-ring (bicyclic) bond motifs is 6. The molecule has 218 valence electrons. The number of benzene rings is 5. The summed E-state index contributed by atoms with van der Waals surface area (Å²) in [5.41, 5.74) is 8.95. The molecule has 0 fully saturated rings. The third kappa shape index (κ3) is 4.00. The van der Waals surface area contributed by atoms with Crippen LogP contribution in [-0.4, -0.2) is 32.6 Å². The number of hydrogen-bond acceptors (Lipinski definition) is 4. The van der Waals surface area contributed by atoms with Crippen molar-refractivity contribution in [2.45, 2.75) is 13.1 Å². The van der Waals surface area contributed by atoms with Crippen LogP contribution in [0.3, 0.4) is 0 Å². The maximum Gasteiger partial charge on any atom is 0.235 e. The lowest BCUT2D eigenvalue weighted by Gasteiger charge is -2.19. The van der Waals surface area contributed by atoms with Gasteiger partial charge in [0.1, 0.15) is 13.8 Å². The van der Waals surface area contributed by atoms with Gasteiger partial charge in [0.25, 0.3) is 0 Å². The van der Waals surface area contributed by atoms with Crippen LogP contribution in [0.25, 0.3) is 72.9 Å². The summed E-state index contributed by atoms with van der Waals surface area (Å²) in [6.07, 6.45) is 0. The zero-order valence-electron chi connectivity index (χ0n) is 25.5. The highest BCUT2D eigenvalue weighted by atomic mass is 28.3. The average Bonchev–Trinajstić information content (AvgIpc) is 3.57. The Balaban J connectivity index is 1.40. The van der Waals surface area contributed by atoms with E-state index in [4.69, 9.17) is 19.9 Å².